The summed E-state index contributed by atoms with van der Waals surface area (Å²) >= 11 is 0. The Labute approximate surface area is 112 Å². The van der Waals surface area contributed by atoms with Crippen LogP contribution in [0, 0.1) is 0 Å². The van der Waals surface area contributed by atoms with Crippen LogP contribution in [-0.2, 0) is 6.42 Å². The lowest BCUT2D eigenvalue weighted by Crippen LogP contribution is -2.10. The average Bonchev–Trinajstić information content (AvgIpc) is 2.30. The molecule has 0 saturated carbocycles. The van der Waals surface area contributed by atoms with Crippen LogP contribution in [0.15, 0.2) is 24.3 Å². The molecule has 0 spiro atoms. The van der Waals surface area contributed by atoms with E-state index >= 15 is 0 Å². The fourth-order valence-corrected chi connectivity index (χ4v) is 0.998. The van der Waals surface area contributed by atoms with Gasteiger partial charge >= 0.3 is 0 Å². The Morgan fingerprint density at radius 1 is 1.20 bits per heavy atom. The number of hydrogen-bond acceptors (Lipinski definition) is 2. The second kappa shape index (κ2) is 11.8. The van der Waals surface area contributed by atoms with Crippen molar-refractivity contribution in [3.63, 3.8) is 0 Å². The van der Waals surface area contributed by atoms with Crippen molar-refractivity contribution in [1.29, 1.82) is 0 Å². The van der Waals surface area contributed by atoms with E-state index in [2.05, 4.69) is 19.1 Å². The maximum atomic E-state index is 5.33. The molecule has 0 aromatic heterocycles. The molecule has 3 heteroatoms. The van der Waals surface area contributed by atoms with Gasteiger partial charge in [-0.15, -0.1) is 24.0 Å². The van der Waals surface area contributed by atoms with Gasteiger partial charge in [0, 0.05) is 7.97 Å². The maximum Gasteiger partial charge on any atom is 0.119 e. The minimum atomic E-state index is 0. The van der Waals surface area contributed by atoms with Crippen molar-refractivity contribution in [2.75, 3.05) is 13.2 Å². The van der Waals surface area contributed by atoms with Gasteiger partial charge in [0.2, 0.25) is 0 Å². The average molecular weight is 325 g/mol. The summed E-state index contributed by atoms with van der Waals surface area (Å²) in [5, 5.41) is 0. The first-order chi connectivity index (χ1) is 6.86. The van der Waals surface area contributed by atoms with Crippen LogP contribution in [0.3, 0.4) is 0 Å². The van der Waals surface area contributed by atoms with E-state index in [-0.39, 0.29) is 25.4 Å². The van der Waals surface area contributed by atoms with Gasteiger partial charge < -0.3 is 10.5 Å². The molecule has 2 nitrogen and oxygen atoms in total. The first-order valence-electron chi connectivity index (χ1n) is 5.28. The Morgan fingerprint density at radius 2 is 1.73 bits per heavy atom. The molecule has 0 unspecified atom stereocenters. The fraction of sp³-hybridized carbons (Fsp3) is 0.500. The molecule has 1 rings (SSSR count). The number of benzene rings is 1. The van der Waals surface area contributed by atoms with Crippen molar-refractivity contribution in [2.24, 2.45) is 5.73 Å². The number of hydrogen-bond donors (Lipinski definition) is 1. The number of aryl methyl sites for hydroxylation is 1. The molecule has 0 aliphatic heterocycles. The Hall–Kier alpha value is -0.290. The standard InChI is InChI=1S/C10H15NO.C2H6.HI.H2/c1-2-9-3-5-10(6-4-9)12-8-7-11;1-2;;/h3-6H,2,7-8,11H2,1H3;1-2H3;2*1H. The van der Waals surface area contributed by atoms with Gasteiger partial charge in [-0.1, -0.05) is 32.9 Å². The van der Waals surface area contributed by atoms with Gasteiger partial charge in [-0.05, 0) is 24.1 Å². The lowest BCUT2D eigenvalue weighted by molar-refractivity contribution is 0.328. The summed E-state index contributed by atoms with van der Waals surface area (Å²) in [6, 6.07) is 8.11. The van der Waals surface area contributed by atoms with E-state index in [1.165, 1.54) is 5.56 Å². The minimum absolute atomic E-state index is 0. The fourth-order valence-electron chi connectivity index (χ4n) is 0.998. The first kappa shape index (κ1) is 17.1. The number of rotatable bonds is 4. The van der Waals surface area contributed by atoms with E-state index in [4.69, 9.17) is 10.5 Å². The summed E-state index contributed by atoms with van der Waals surface area (Å²) in [6.45, 7) is 7.29. The summed E-state index contributed by atoms with van der Waals surface area (Å²) < 4.78 is 5.33. The van der Waals surface area contributed by atoms with Gasteiger partial charge in [0.1, 0.15) is 12.4 Å². The summed E-state index contributed by atoms with van der Waals surface area (Å²) in [7, 11) is 0. The minimum Gasteiger partial charge on any atom is -0.492 e. The zero-order valence-electron chi connectivity index (χ0n) is 9.82. The molecule has 0 atom stereocenters. The highest BCUT2D eigenvalue weighted by molar-refractivity contribution is 14.0. The normalized spacial score (nSPS) is 8.27. The van der Waals surface area contributed by atoms with Gasteiger partial charge in [-0.3, -0.25) is 0 Å². The quantitative estimate of drug-likeness (QED) is 0.860. The van der Waals surface area contributed by atoms with Gasteiger partial charge in [-0.25, -0.2) is 0 Å². The van der Waals surface area contributed by atoms with E-state index in [0.717, 1.165) is 12.2 Å². The smallest absolute Gasteiger partial charge is 0.119 e. The van der Waals surface area contributed by atoms with Crippen LogP contribution in [0.2, 0.25) is 0 Å². The molecule has 90 valence electrons. The predicted octanol–water partition coefficient (Wildman–Crippen LogP) is 3.48. The highest BCUT2D eigenvalue weighted by atomic mass is 127. The molecule has 15 heavy (non-hydrogen) atoms. The molecular formula is C12H24INO. The number of ether oxygens (including phenoxy) is 1. The third-order valence-corrected chi connectivity index (χ3v) is 1.72. The zero-order valence-corrected chi connectivity index (χ0v) is 12.2. The lowest BCUT2D eigenvalue weighted by Gasteiger charge is -2.04. The zero-order chi connectivity index (χ0) is 10.8. The van der Waals surface area contributed by atoms with Crippen LogP contribution in [0.1, 0.15) is 27.8 Å². The molecule has 0 amide bonds. The van der Waals surface area contributed by atoms with Crippen molar-refractivity contribution < 1.29 is 6.16 Å². The lowest BCUT2D eigenvalue weighted by atomic mass is 10.2. The van der Waals surface area contributed by atoms with Gasteiger partial charge in [0.15, 0.2) is 0 Å². The molecular weight excluding hydrogens is 301 g/mol. The Kier molecular flexibility index (Phi) is 13.4. The SMILES string of the molecule is CC.CCc1ccc(OCCN)cc1.I.[HH]. The Morgan fingerprint density at radius 3 is 2.13 bits per heavy atom. The third kappa shape index (κ3) is 7.62. The van der Waals surface area contributed by atoms with E-state index in [9.17, 15) is 0 Å². The van der Waals surface area contributed by atoms with Crippen molar-refractivity contribution in [3.8, 4) is 5.75 Å². The maximum absolute atomic E-state index is 5.33. The highest BCUT2D eigenvalue weighted by Gasteiger charge is 1.92. The Balaban J connectivity index is -0.000000399. The monoisotopic (exact) mass is 325 g/mol. The molecule has 1 aromatic rings. The van der Waals surface area contributed by atoms with Gasteiger partial charge in [0.05, 0.1) is 0 Å². The summed E-state index contributed by atoms with van der Waals surface area (Å²) in [6.07, 6.45) is 1.07. The second-order valence-electron chi connectivity index (χ2n) is 2.63. The molecule has 1 aromatic carbocycles. The number of nitrogens with two attached hydrogens (primary N) is 1. The summed E-state index contributed by atoms with van der Waals surface area (Å²) in [5.41, 5.74) is 6.64. The first-order valence-corrected chi connectivity index (χ1v) is 5.28. The van der Waals surface area contributed by atoms with E-state index < -0.39 is 0 Å². The molecule has 0 saturated heterocycles. The largest absolute Gasteiger partial charge is 0.492 e. The molecule has 0 bridgehead atoms. The van der Waals surface area contributed by atoms with Crippen LogP contribution in [0.25, 0.3) is 0 Å². The predicted molar refractivity (Wildman–Crippen MR) is 79.2 cm³/mol. The summed E-state index contributed by atoms with van der Waals surface area (Å²) in [5.74, 6) is 0.901. The van der Waals surface area contributed by atoms with Crippen LogP contribution >= 0.6 is 24.0 Å². The van der Waals surface area contributed by atoms with Crippen LogP contribution in [-0.4, -0.2) is 13.2 Å². The van der Waals surface area contributed by atoms with E-state index in [1.54, 1.807) is 0 Å². The molecule has 0 aliphatic rings. The topological polar surface area (TPSA) is 35.2 Å². The highest BCUT2D eigenvalue weighted by Crippen LogP contribution is 2.11. The third-order valence-electron chi connectivity index (χ3n) is 1.72. The summed E-state index contributed by atoms with van der Waals surface area (Å²) in [4.78, 5) is 0. The van der Waals surface area contributed by atoms with E-state index in [0.29, 0.717) is 13.2 Å². The Bertz CT molecular complexity index is 229. The number of halogens is 1. The van der Waals surface area contributed by atoms with Crippen LogP contribution in [0.5, 0.6) is 5.75 Å². The van der Waals surface area contributed by atoms with Crippen molar-refractivity contribution >= 4 is 24.0 Å². The van der Waals surface area contributed by atoms with Crippen molar-refractivity contribution in [3.05, 3.63) is 29.8 Å². The van der Waals surface area contributed by atoms with Crippen LogP contribution < -0.4 is 10.5 Å². The molecule has 0 heterocycles. The second-order valence-corrected chi connectivity index (χ2v) is 2.63. The van der Waals surface area contributed by atoms with Crippen molar-refractivity contribution in [1.82, 2.24) is 0 Å². The van der Waals surface area contributed by atoms with Crippen molar-refractivity contribution in [2.45, 2.75) is 27.2 Å². The van der Waals surface area contributed by atoms with Gasteiger partial charge in [0.25, 0.3) is 0 Å². The molecule has 0 radical (unpaired) electrons. The molecule has 0 fully saturated rings. The molecule has 0 aliphatic carbocycles. The van der Waals surface area contributed by atoms with E-state index in [1.807, 2.05) is 26.0 Å². The van der Waals surface area contributed by atoms with Crippen LogP contribution in [0.4, 0.5) is 0 Å². The van der Waals surface area contributed by atoms with Gasteiger partial charge in [-0.2, -0.15) is 0 Å². The molecule has 2 N–H and O–H groups in total.